The molecule has 0 atom stereocenters. The molecule has 0 amide bonds. The molecular formula is C18H15F3N4. The number of hydrogen-bond donors (Lipinski definition) is 1. The average molecular weight is 344 g/mol. The maximum absolute atomic E-state index is 12.5. The maximum atomic E-state index is 12.5. The Hall–Kier alpha value is -2.96. The number of halogens is 3. The third kappa shape index (κ3) is 4.76. The van der Waals surface area contributed by atoms with Gasteiger partial charge in [0.05, 0.1) is 6.42 Å². The third-order valence-corrected chi connectivity index (χ3v) is 3.38. The van der Waals surface area contributed by atoms with E-state index in [2.05, 4.69) is 20.3 Å². The first-order chi connectivity index (χ1) is 11.9. The summed E-state index contributed by atoms with van der Waals surface area (Å²) in [5.41, 5.74) is 2.23. The molecule has 0 fully saturated rings. The van der Waals surface area contributed by atoms with Crippen LogP contribution in [0.5, 0.6) is 0 Å². The van der Waals surface area contributed by atoms with E-state index >= 15 is 0 Å². The Morgan fingerprint density at radius 2 is 1.88 bits per heavy atom. The van der Waals surface area contributed by atoms with Gasteiger partial charge < -0.3 is 5.32 Å². The van der Waals surface area contributed by atoms with E-state index in [1.54, 1.807) is 36.7 Å². The molecule has 25 heavy (non-hydrogen) atoms. The van der Waals surface area contributed by atoms with Crippen LogP contribution in [-0.4, -0.2) is 21.1 Å². The molecule has 3 aromatic rings. The normalized spacial score (nSPS) is 11.4. The smallest absolute Gasteiger partial charge is 0.340 e. The van der Waals surface area contributed by atoms with Gasteiger partial charge in [-0.2, -0.15) is 13.2 Å². The fourth-order valence-electron chi connectivity index (χ4n) is 2.40. The van der Waals surface area contributed by atoms with Crippen LogP contribution >= 0.6 is 0 Å². The summed E-state index contributed by atoms with van der Waals surface area (Å²) in [6.07, 6.45) is -1.89. The van der Waals surface area contributed by atoms with E-state index in [-0.39, 0.29) is 5.56 Å². The van der Waals surface area contributed by atoms with Gasteiger partial charge in [-0.25, -0.2) is 9.97 Å². The Labute approximate surface area is 142 Å². The van der Waals surface area contributed by atoms with Crippen LogP contribution < -0.4 is 5.32 Å². The van der Waals surface area contributed by atoms with E-state index in [0.717, 1.165) is 11.3 Å². The first-order valence-corrected chi connectivity index (χ1v) is 7.58. The molecule has 0 saturated heterocycles. The lowest BCUT2D eigenvalue weighted by molar-refractivity contribution is -0.127. The minimum absolute atomic E-state index is 0.191. The van der Waals surface area contributed by atoms with E-state index in [9.17, 15) is 13.2 Å². The second kappa shape index (κ2) is 6.88. The van der Waals surface area contributed by atoms with Crippen molar-refractivity contribution < 1.29 is 13.2 Å². The molecule has 1 N–H and O–H groups in total. The van der Waals surface area contributed by atoms with Crippen LogP contribution in [0.25, 0.3) is 11.4 Å². The van der Waals surface area contributed by atoms with Crippen LogP contribution in [0.15, 0.2) is 54.9 Å². The first-order valence-electron chi connectivity index (χ1n) is 7.58. The maximum Gasteiger partial charge on any atom is 0.393 e. The summed E-state index contributed by atoms with van der Waals surface area (Å²) in [4.78, 5) is 12.8. The number of aromatic nitrogens is 3. The summed E-state index contributed by atoms with van der Waals surface area (Å²) in [5.74, 6) is 1.01. The zero-order chi connectivity index (χ0) is 17.9. The molecule has 0 aliphatic carbocycles. The lowest BCUT2D eigenvalue weighted by Crippen LogP contribution is -2.11. The molecule has 2 aromatic heterocycles. The standard InChI is InChI=1S/C18H15F3N4/c1-12-8-16(25-17(23-12)14-5-3-7-22-11-14)24-15-6-2-4-13(9-15)10-18(19,20)21/h2-9,11H,10H2,1H3,(H,23,24,25). The highest BCUT2D eigenvalue weighted by molar-refractivity contribution is 5.61. The summed E-state index contributed by atoms with van der Waals surface area (Å²) >= 11 is 0. The van der Waals surface area contributed by atoms with E-state index in [1.807, 2.05) is 13.0 Å². The van der Waals surface area contributed by atoms with Crippen molar-refractivity contribution in [2.24, 2.45) is 0 Å². The molecule has 7 heteroatoms. The van der Waals surface area contributed by atoms with Crippen molar-refractivity contribution in [1.82, 2.24) is 15.0 Å². The van der Waals surface area contributed by atoms with Gasteiger partial charge in [0, 0.05) is 35.4 Å². The van der Waals surface area contributed by atoms with Crippen molar-refractivity contribution in [3.05, 3.63) is 66.1 Å². The Morgan fingerprint density at radius 3 is 2.60 bits per heavy atom. The highest BCUT2D eigenvalue weighted by Crippen LogP contribution is 2.25. The summed E-state index contributed by atoms with van der Waals surface area (Å²) in [7, 11) is 0. The largest absolute Gasteiger partial charge is 0.393 e. The third-order valence-electron chi connectivity index (χ3n) is 3.38. The van der Waals surface area contributed by atoms with Gasteiger partial charge in [-0.05, 0) is 36.8 Å². The van der Waals surface area contributed by atoms with Gasteiger partial charge >= 0.3 is 6.18 Å². The predicted octanol–water partition coefficient (Wildman–Crippen LogP) is 4.70. The van der Waals surface area contributed by atoms with Crippen LogP contribution in [0, 0.1) is 6.92 Å². The fraction of sp³-hybridized carbons (Fsp3) is 0.167. The lowest BCUT2D eigenvalue weighted by atomic mass is 10.1. The van der Waals surface area contributed by atoms with Crippen molar-refractivity contribution >= 4 is 11.5 Å². The van der Waals surface area contributed by atoms with E-state index in [0.29, 0.717) is 17.3 Å². The molecule has 0 unspecified atom stereocenters. The first kappa shape index (κ1) is 16.9. The van der Waals surface area contributed by atoms with Gasteiger partial charge in [0.25, 0.3) is 0 Å². The van der Waals surface area contributed by atoms with Gasteiger partial charge in [0.2, 0.25) is 0 Å². The monoisotopic (exact) mass is 344 g/mol. The van der Waals surface area contributed by atoms with Crippen LogP contribution in [-0.2, 0) is 6.42 Å². The molecule has 0 spiro atoms. The predicted molar refractivity (Wildman–Crippen MR) is 89.5 cm³/mol. The highest BCUT2D eigenvalue weighted by Gasteiger charge is 2.27. The molecule has 2 heterocycles. The number of aryl methyl sites for hydroxylation is 1. The Balaban J connectivity index is 1.86. The number of rotatable bonds is 4. The SMILES string of the molecule is Cc1cc(Nc2cccc(CC(F)(F)F)c2)nc(-c2cccnc2)n1. The number of alkyl halides is 3. The van der Waals surface area contributed by atoms with E-state index in [1.165, 1.54) is 12.1 Å². The molecule has 1 aromatic carbocycles. The van der Waals surface area contributed by atoms with Crippen LogP contribution in [0.2, 0.25) is 0 Å². The molecular weight excluding hydrogens is 329 g/mol. The van der Waals surface area contributed by atoms with Crippen molar-refractivity contribution in [2.75, 3.05) is 5.32 Å². The molecule has 3 rings (SSSR count). The Bertz CT molecular complexity index is 864. The van der Waals surface area contributed by atoms with Crippen molar-refractivity contribution in [3.63, 3.8) is 0 Å². The molecule has 0 aliphatic heterocycles. The summed E-state index contributed by atoms with van der Waals surface area (Å²) in [6, 6.07) is 11.6. The molecule has 0 bridgehead atoms. The second-order valence-electron chi connectivity index (χ2n) is 5.58. The van der Waals surface area contributed by atoms with Crippen LogP contribution in [0.3, 0.4) is 0 Å². The van der Waals surface area contributed by atoms with Crippen molar-refractivity contribution in [1.29, 1.82) is 0 Å². The van der Waals surface area contributed by atoms with Crippen molar-refractivity contribution in [2.45, 2.75) is 19.5 Å². The summed E-state index contributed by atoms with van der Waals surface area (Å²) < 4.78 is 37.6. The van der Waals surface area contributed by atoms with Gasteiger partial charge in [-0.15, -0.1) is 0 Å². The average Bonchev–Trinajstić information content (AvgIpc) is 2.54. The second-order valence-corrected chi connectivity index (χ2v) is 5.58. The molecule has 128 valence electrons. The zero-order valence-corrected chi connectivity index (χ0v) is 13.4. The topological polar surface area (TPSA) is 50.7 Å². The summed E-state index contributed by atoms with van der Waals surface area (Å²) in [5, 5.41) is 3.04. The molecule has 4 nitrogen and oxygen atoms in total. The molecule has 0 saturated carbocycles. The molecule has 0 aliphatic rings. The Kier molecular flexibility index (Phi) is 4.65. The number of nitrogens with one attached hydrogen (secondary N) is 1. The van der Waals surface area contributed by atoms with Gasteiger partial charge in [0.15, 0.2) is 5.82 Å². The number of anilines is 2. The van der Waals surface area contributed by atoms with Crippen LogP contribution in [0.1, 0.15) is 11.3 Å². The van der Waals surface area contributed by atoms with Gasteiger partial charge in [-0.1, -0.05) is 12.1 Å². The number of benzene rings is 1. The Morgan fingerprint density at radius 1 is 1.04 bits per heavy atom. The zero-order valence-electron chi connectivity index (χ0n) is 13.4. The highest BCUT2D eigenvalue weighted by atomic mass is 19.4. The number of hydrogen-bond acceptors (Lipinski definition) is 4. The van der Waals surface area contributed by atoms with E-state index in [4.69, 9.17) is 0 Å². The fourth-order valence-corrected chi connectivity index (χ4v) is 2.40. The minimum atomic E-state index is -4.24. The number of pyridine rings is 1. The minimum Gasteiger partial charge on any atom is -0.340 e. The van der Waals surface area contributed by atoms with Crippen LogP contribution in [0.4, 0.5) is 24.7 Å². The van der Waals surface area contributed by atoms with Gasteiger partial charge in [-0.3, -0.25) is 4.98 Å². The molecule has 0 radical (unpaired) electrons. The quantitative estimate of drug-likeness (QED) is 0.746. The van der Waals surface area contributed by atoms with Crippen molar-refractivity contribution in [3.8, 4) is 11.4 Å². The van der Waals surface area contributed by atoms with E-state index < -0.39 is 12.6 Å². The number of nitrogens with zero attached hydrogens (tertiary/aromatic N) is 3. The van der Waals surface area contributed by atoms with Gasteiger partial charge in [0.1, 0.15) is 5.82 Å². The lowest BCUT2D eigenvalue weighted by Gasteiger charge is -2.11. The summed E-state index contributed by atoms with van der Waals surface area (Å²) in [6.45, 7) is 1.83.